The lowest BCUT2D eigenvalue weighted by atomic mass is 9.72. The van der Waals surface area contributed by atoms with E-state index in [-0.39, 0.29) is 5.28 Å². The average molecular weight is 241 g/mol. The molecule has 1 heterocycles. The molecule has 1 fully saturated rings. The molecule has 2 rings (SSSR count). The second-order valence-electron chi connectivity index (χ2n) is 4.16. The van der Waals surface area contributed by atoms with Gasteiger partial charge < -0.3 is 5.11 Å². The fourth-order valence-electron chi connectivity index (χ4n) is 2.34. The summed E-state index contributed by atoms with van der Waals surface area (Å²) in [6.45, 7) is 0. The zero-order valence-electron chi connectivity index (χ0n) is 8.82. The second kappa shape index (κ2) is 4.37. The summed E-state index contributed by atoms with van der Waals surface area (Å²) in [4.78, 5) is 19.3. The van der Waals surface area contributed by atoms with Crippen LogP contribution in [0.3, 0.4) is 0 Å². The molecule has 0 radical (unpaired) electrons. The van der Waals surface area contributed by atoms with Crippen LogP contribution in [0.25, 0.3) is 0 Å². The first-order valence-electron chi connectivity index (χ1n) is 5.37. The lowest BCUT2D eigenvalue weighted by molar-refractivity contribution is -0.145. The number of hydrogen-bond donors (Lipinski definition) is 1. The first-order valence-corrected chi connectivity index (χ1v) is 5.75. The molecule has 0 saturated heterocycles. The molecule has 0 bridgehead atoms. The van der Waals surface area contributed by atoms with Crippen molar-refractivity contribution in [3.8, 4) is 0 Å². The highest BCUT2D eigenvalue weighted by atomic mass is 35.5. The van der Waals surface area contributed by atoms with E-state index in [2.05, 4.69) is 9.97 Å². The highest BCUT2D eigenvalue weighted by Crippen LogP contribution is 2.38. The van der Waals surface area contributed by atoms with Crippen LogP contribution in [0, 0.1) is 0 Å². The number of carboxylic acids is 1. The topological polar surface area (TPSA) is 63.1 Å². The van der Waals surface area contributed by atoms with Gasteiger partial charge in [-0.3, -0.25) is 4.79 Å². The predicted octanol–water partition coefficient (Wildman–Crippen LogP) is 2.42. The lowest BCUT2D eigenvalue weighted by Gasteiger charge is -2.32. The number of hydrogen-bond acceptors (Lipinski definition) is 3. The summed E-state index contributed by atoms with van der Waals surface area (Å²) in [6.07, 6.45) is 5.73. The van der Waals surface area contributed by atoms with Crippen LogP contribution in [0.5, 0.6) is 0 Å². The Bertz CT molecular complexity index is 403. The number of carbonyl (C=O) groups is 1. The summed E-state index contributed by atoms with van der Waals surface area (Å²) in [5, 5.41) is 9.54. The smallest absolute Gasteiger partial charge is 0.315 e. The van der Waals surface area contributed by atoms with E-state index in [1.54, 1.807) is 6.07 Å². The monoisotopic (exact) mass is 240 g/mol. The fraction of sp³-hybridized carbons (Fsp3) is 0.545. The first-order chi connectivity index (χ1) is 7.65. The largest absolute Gasteiger partial charge is 0.481 e. The van der Waals surface area contributed by atoms with E-state index in [0.717, 1.165) is 19.3 Å². The number of carboxylic acid groups (broad SMARTS) is 1. The Kier molecular flexibility index (Phi) is 3.10. The highest BCUT2D eigenvalue weighted by molar-refractivity contribution is 6.28. The van der Waals surface area contributed by atoms with Gasteiger partial charge in [0.25, 0.3) is 0 Å². The second-order valence-corrected chi connectivity index (χ2v) is 4.50. The number of aromatic nitrogens is 2. The fourth-order valence-corrected chi connectivity index (χ4v) is 2.48. The molecule has 1 saturated carbocycles. The van der Waals surface area contributed by atoms with Crippen molar-refractivity contribution in [1.82, 2.24) is 9.97 Å². The van der Waals surface area contributed by atoms with Gasteiger partial charge in [0.2, 0.25) is 5.28 Å². The molecular weight excluding hydrogens is 228 g/mol. The van der Waals surface area contributed by atoms with Gasteiger partial charge in [0.15, 0.2) is 0 Å². The Hall–Kier alpha value is -1.16. The van der Waals surface area contributed by atoms with Gasteiger partial charge in [-0.25, -0.2) is 9.97 Å². The van der Waals surface area contributed by atoms with E-state index in [1.165, 1.54) is 6.20 Å². The number of aliphatic carboxylic acids is 1. The predicted molar refractivity (Wildman–Crippen MR) is 59.4 cm³/mol. The van der Waals surface area contributed by atoms with E-state index in [0.29, 0.717) is 18.5 Å². The van der Waals surface area contributed by atoms with Gasteiger partial charge in [-0.2, -0.15) is 0 Å². The van der Waals surface area contributed by atoms with Crippen molar-refractivity contribution in [1.29, 1.82) is 0 Å². The molecule has 1 aliphatic rings. The van der Waals surface area contributed by atoms with Crippen LogP contribution in [-0.2, 0) is 10.2 Å². The Labute approximate surface area is 98.7 Å². The van der Waals surface area contributed by atoms with Crippen molar-refractivity contribution in [2.75, 3.05) is 0 Å². The zero-order chi connectivity index (χ0) is 11.6. The maximum atomic E-state index is 11.5. The SMILES string of the molecule is O=C(O)C1(c2ccnc(Cl)n2)CCCCC1. The standard InChI is InChI=1S/C11H13ClN2O2/c12-10-13-7-4-8(14-10)11(9(15)16)5-2-1-3-6-11/h4,7H,1-3,5-6H2,(H,15,16). The van der Waals surface area contributed by atoms with Crippen molar-refractivity contribution in [3.05, 3.63) is 23.2 Å². The van der Waals surface area contributed by atoms with E-state index in [1.807, 2.05) is 0 Å². The van der Waals surface area contributed by atoms with Crippen LogP contribution >= 0.6 is 11.6 Å². The van der Waals surface area contributed by atoms with Gasteiger partial charge in [0, 0.05) is 6.20 Å². The number of halogens is 1. The third-order valence-corrected chi connectivity index (χ3v) is 3.42. The van der Waals surface area contributed by atoms with Gasteiger partial charge in [0.05, 0.1) is 5.69 Å². The van der Waals surface area contributed by atoms with Crippen molar-refractivity contribution in [2.45, 2.75) is 37.5 Å². The molecule has 5 heteroatoms. The van der Waals surface area contributed by atoms with E-state index in [4.69, 9.17) is 11.6 Å². The molecule has 1 N–H and O–H groups in total. The van der Waals surface area contributed by atoms with E-state index < -0.39 is 11.4 Å². The third-order valence-electron chi connectivity index (χ3n) is 3.23. The van der Waals surface area contributed by atoms with Crippen LogP contribution < -0.4 is 0 Å². The van der Waals surface area contributed by atoms with Crippen LogP contribution in [0.1, 0.15) is 37.8 Å². The molecular formula is C11H13ClN2O2. The van der Waals surface area contributed by atoms with Crippen LogP contribution in [0.15, 0.2) is 12.3 Å². The zero-order valence-corrected chi connectivity index (χ0v) is 9.57. The maximum Gasteiger partial charge on any atom is 0.315 e. The minimum Gasteiger partial charge on any atom is -0.481 e. The molecule has 0 atom stereocenters. The van der Waals surface area contributed by atoms with Gasteiger partial charge in [-0.15, -0.1) is 0 Å². The maximum absolute atomic E-state index is 11.5. The summed E-state index contributed by atoms with van der Waals surface area (Å²) < 4.78 is 0. The summed E-state index contributed by atoms with van der Waals surface area (Å²) >= 11 is 5.72. The lowest BCUT2D eigenvalue weighted by Crippen LogP contribution is -2.38. The van der Waals surface area contributed by atoms with Crippen molar-refractivity contribution in [2.24, 2.45) is 0 Å². The van der Waals surface area contributed by atoms with Crippen molar-refractivity contribution in [3.63, 3.8) is 0 Å². The molecule has 1 aliphatic carbocycles. The molecule has 1 aromatic rings. The van der Waals surface area contributed by atoms with Gasteiger partial charge >= 0.3 is 5.97 Å². The summed E-state index contributed by atoms with van der Waals surface area (Å²) in [5.41, 5.74) is -0.315. The summed E-state index contributed by atoms with van der Waals surface area (Å²) in [7, 11) is 0. The molecule has 4 nitrogen and oxygen atoms in total. The van der Waals surface area contributed by atoms with Crippen molar-refractivity contribution < 1.29 is 9.90 Å². The molecule has 16 heavy (non-hydrogen) atoms. The van der Waals surface area contributed by atoms with E-state index in [9.17, 15) is 9.90 Å². The van der Waals surface area contributed by atoms with Crippen LogP contribution in [0.2, 0.25) is 5.28 Å². The van der Waals surface area contributed by atoms with Gasteiger partial charge in [0.1, 0.15) is 5.41 Å². The average Bonchev–Trinajstić information content (AvgIpc) is 2.30. The Morgan fingerprint density at radius 2 is 2.06 bits per heavy atom. The number of nitrogens with zero attached hydrogens (tertiary/aromatic N) is 2. The normalized spacial score (nSPS) is 19.3. The number of rotatable bonds is 2. The van der Waals surface area contributed by atoms with Gasteiger partial charge in [-0.05, 0) is 30.5 Å². The molecule has 0 unspecified atom stereocenters. The quantitative estimate of drug-likeness (QED) is 0.807. The Morgan fingerprint density at radius 3 is 2.62 bits per heavy atom. The molecule has 0 amide bonds. The molecule has 1 aromatic heterocycles. The molecule has 0 aromatic carbocycles. The molecule has 86 valence electrons. The Morgan fingerprint density at radius 1 is 1.38 bits per heavy atom. The highest BCUT2D eigenvalue weighted by Gasteiger charge is 2.42. The Balaban J connectivity index is 2.42. The third kappa shape index (κ3) is 1.89. The van der Waals surface area contributed by atoms with Crippen LogP contribution in [-0.4, -0.2) is 21.0 Å². The van der Waals surface area contributed by atoms with Crippen LogP contribution in [0.4, 0.5) is 0 Å². The minimum absolute atomic E-state index is 0.115. The van der Waals surface area contributed by atoms with Gasteiger partial charge in [-0.1, -0.05) is 19.3 Å². The summed E-state index contributed by atoms with van der Waals surface area (Å²) in [6, 6.07) is 1.66. The summed E-state index contributed by atoms with van der Waals surface area (Å²) in [5.74, 6) is -0.804. The minimum atomic E-state index is -0.856. The first kappa shape index (κ1) is 11.3. The molecule has 0 spiro atoms. The molecule has 0 aliphatic heterocycles. The van der Waals surface area contributed by atoms with E-state index >= 15 is 0 Å². The van der Waals surface area contributed by atoms with Crippen molar-refractivity contribution >= 4 is 17.6 Å².